The Morgan fingerprint density at radius 2 is 1.90 bits per heavy atom. The molecule has 2 saturated heterocycles. The normalized spacial score (nSPS) is 24.0. The lowest BCUT2D eigenvalue weighted by atomic mass is 10.1. The molecule has 2 aliphatic heterocycles. The SMILES string of the molecule is CCCCc1ccc(N2C(=NC(=O)CCCC(=O)O)S[C@H]3CS(=O)(=O)C[C@H]32)cc1. The van der Waals surface area contributed by atoms with Crippen molar-refractivity contribution >= 4 is 44.3 Å². The number of carbonyl (C=O) groups is 2. The Balaban J connectivity index is 1.81. The summed E-state index contributed by atoms with van der Waals surface area (Å²) in [4.78, 5) is 29.0. The number of benzene rings is 1. The number of sulfone groups is 1. The molecule has 0 unspecified atom stereocenters. The van der Waals surface area contributed by atoms with Crippen LogP contribution in [0.1, 0.15) is 44.6 Å². The molecule has 0 aliphatic carbocycles. The van der Waals surface area contributed by atoms with Crippen LogP contribution in [0.3, 0.4) is 0 Å². The van der Waals surface area contributed by atoms with Gasteiger partial charge in [0.2, 0.25) is 5.91 Å². The second-order valence-corrected chi connectivity index (χ2v) is 10.8. The van der Waals surface area contributed by atoms with Crippen molar-refractivity contribution in [2.45, 2.75) is 56.7 Å². The molecule has 1 amide bonds. The fourth-order valence-corrected chi connectivity index (χ4v) is 7.56. The van der Waals surface area contributed by atoms with Gasteiger partial charge in [0, 0.05) is 23.8 Å². The van der Waals surface area contributed by atoms with Crippen molar-refractivity contribution in [2.75, 3.05) is 16.4 Å². The second-order valence-electron chi connectivity index (χ2n) is 7.48. The maximum atomic E-state index is 12.2. The topological polar surface area (TPSA) is 104 Å². The maximum absolute atomic E-state index is 12.2. The predicted octanol–water partition coefficient (Wildman–Crippen LogP) is 2.89. The average Bonchev–Trinajstić information content (AvgIpc) is 3.11. The molecule has 0 saturated carbocycles. The van der Waals surface area contributed by atoms with Gasteiger partial charge in [-0.3, -0.25) is 9.59 Å². The van der Waals surface area contributed by atoms with E-state index in [-0.39, 0.29) is 48.0 Å². The summed E-state index contributed by atoms with van der Waals surface area (Å²) < 4.78 is 24.3. The fourth-order valence-electron chi connectivity index (χ4n) is 3.62. The smallest absolute Gasteiger partial charge is 0.303 e. The molecule has 29 heavy (non-hydrogen) atoms. The molecule has 1 N–H and O–H groups in total. The quantitative estimate of drug-likeness (QED) is 0.665. The van der Waals surface area contributed by atoms with Gasteiger partial charge in [-0.25, -0.2) is 8.42 Å². The molecule has 0 radical (unpaired) electrons. The number of fused-ring (bicyclic) bond motifs is 1. The third-order valence-electron chi connectivity index (χ3n) is 5.10. The van der Waals surface area contributed by atoms with Gasteiger partial charge in [-0.15, -0.1) is 0 Å². The first-order valence-corrected chi connectivity index (χ1v) is 12.6. The highest BCUT2D eigenvalue weighted by atomic mass is 32.2. The number of amides is 1. The molecule has 0 bridgehead atoms. The lowest BCUT2D eigenvalue weighted by Gasteiger charge is -2.24. The van der Waals surface area contributed by atoms with Crippen molar-refractivity contribution < 1.29 is 23.1 Å². The molecule has 2 heterocycles. The van der Waals surface area contributed by atoms with Crippen molar-refractivity contribution in [1.82, 2.24) is 0 Å². The number of hydrogen-bond donors (Lipinski definition) is 1. The van der Waals surface area contributed by atoms with Gasteiger partial charge in [0.1, 0.15) is 0 Å². The van der Waals surface area contributed by atoms with Crippen LogP contribution in [0.15, 0.2) is 29.3 Å². The molecular weight excluding hydrogens is 412 g/mol. The number of amidine groups is 1. The number of aryl methyl sites for hydroxylation is 1. The molecule has 0 spiro atoms. The summed E-state index contributed by atoms with van der Waals surface area (Å²) in [7, 11) is -3.11. The summed E-state index contributed by atoms with van der Waals surface area (Å²) >= 11 is 1.33. The number of carboxylic acids is 1. The highest BCUT2D eigenvalue weighted by Gasteiger charge is 2.49. The van der Waals surface area contributed by atoms with Crippen LogP contribution < -0.4 is 4.90 Å². The lowest BCUT2D eigenvalue weighted by Crippen LogP contribution is -2.37. The minimum absolute atomic E-state index is 0.0501. The number of aliphatic imine (C=N–C) groups is 1. The fraction of sp³-hybridized carbons (Fsp3) is 0.550. The first-order chi connectivity index (χ1) is 13.8. The lowest BCUT2D eigenvalue weighted by molar-refractivity contribution is -0.137. The van der Waals surface area contributed by atoms with Crippen molar-refractivity contribution in [3.8, 4) is 0 Å². The van der Waals surface area contributed by atoms with Gasteiger partial charge in [-0.05, 0) is 37.0 Å². The van der Waals surface area contributed by atoms with Gasteiger partial charge in [-0.1, -0.05) is 37.2 Å². The van der Waals surface area contributed by atoms with Crippen LogP contribution in [-0.4, -0.2) is 53.4 Å². The van der Waals surface area contributed by atoms with Gasteiger partial charge < -0.3 is 10.0 Å². The van der Waals surface area contributed by atoms with Crippen LogP contribution in [0, 0.1) is 0 Å². The predicted molar refractivity (Wildman–Crippen MR) is 115 cm³/mol. The number of thioether (sulfide) groups is 1. The Hall–Kier alpha value is -1.87. The summed E-state index contributed by atoms with van der Waals surface area (Å²) in [6, 6.07) is 7.77. The van der Waals surface area contributed by atoms with E-state index in [1.54, 1.807) is 0 Å². The molecule has 9 heteroatoms. The molecule has 2 aliphatic rings. The summed E-state index contributed by atoms with van der Waals surface area (Å²) in [5.41, 5.74) is 2.06. The van der Waals surface area contributed by atoms with E-state index in [0.29, 0.717) is 5.17 Å². The van der Waals surface area contributed by atoms with Crippen molar-refractivity contribution in [2.24, 2.45) is 4.99 Å². The number of aliphatic carboxylic acids is 1. The van der Waals surface area contributed by atoms with Crippen LogP contribution in [0.2, 0.25) is 0 Å². The number of hydrogen-bond acceptors (Lipinski definition) is 5. The Bertz CT molecular complexity index is 896. The molecular formula is C20H26N2O5S2. The molecule has 2 fully saturated rings. The number of unbranched alkanes of at least 4 members (excludes halogenated alkanes) is 1. The summed E-state index contributed by atoms with van der Waals surface area (Å²) in [5.74, 6) is -1.18. The standard InChI is InChI=1S/C20H26N2O5S2/c1-2-3-5-14-8-10-15(11-9-14)22-16-12-29(26,27)13-17(16)28-20(22)21-18(23)6-4-7-19(24)25/h8-11,16-17H,2-7,12-13H2,1H3,(H,24,25)/t16-,17+/m1/s1. The van der Waals surface area contributed by atoms with Crippen molar-refractivity contribution in [3.63, 3.8) is 0 Å². The van der Waals surface area contributed by atoms with Gasteiger partial charge in [0.15, 0.2) is 15.0 Å². The molecule has 158 valence electrons. The van der Waals surface area contributed by atoms with E-state index in [9.17, 15) is 18.0 Å². The molecule has 1 aromatic carbocycles. The van der Waals surface area contributed by atoms with Gasteiger partial charge in [0.05, 0.1) is 17.5 Å². The first kappa shape index (κ1) is 21.8. The summed E-state index contributed by atoms with van der Waals surface area (Å²) in [6.45, 7) is 2.15. The maximum Gasteiger partial charge on any atom is 0.303 e. The molecule has 2 atom stereocenters. The second kappa shape index (κ2) is 9.30. The Kier molecular flexibility index (Phi) is 7.00. The number of rotatable bonds is 8. The molecule has 7 nitrogen and oxygen atoms in total. The Labute approximate surface area is 175 Å². The largest absolute Gasteiger partial charge is 0.481 e. The third kappa shape index (κ3) is 5.60. The van der Waals surface area contributed by atoms with Crippen LogP contribution in [-0.2, 0) is 25.8 Å². The summed E-state index contributed by atoms with van der Waals surface area (Å²) in [5, 5.41) is 9.08. The zero-order valence-corrected chi connectivity index (χ0v) is 18.0. The number of nitrogens with zero attached hydrogens (tertiary/aromatic N) is 2. The Morgan fingerprint density at radius 1 is 1.17 bits per heavy atom. The van der Waals surface area contributed by atoms with E-state index in [0.717, 1.165) is 24.9 Å². The average molecular weight is 439 g/mol. The number of anilines is 1. The zero-order chi connectivity index (χ0) is 21.0. The zero-order valence-electron chi connectivity index (χ0n) is 16.4. The minimum Gasteiger partial charge on any atom is -0.481 e. The van der Waals surface area contributed by atoms with Crippen LogP contribution in [0.5, 0.6) is 0 Å². The van der Waals surface area contributed by atoms with Gasteiger partial charge in [-0.2, -0.15) is 4.99 Å². The summed E-state index contributed by atoms with van der Waals surface area (Å²) in [6.07, 6.45) is 3.45. The highest BCUT2D eigenvalue weighted by Crippen LogP contribution is 2.41. The van der Waals surface area contributed by atoms with E-state index in [4.69, 9.17) is 5.11 Å². The van der Waals surface area contributed by atoms with E-state index in [2.05, 4.69) is 11.9 Å². The van der Waals surface area contributed by atoms with Crippen molar-refractivity contribution in [3.05, 3.63) is 29.8 Å². The first-order valence-electron chi connectivity index (χ1n) is 9.87. The molecule has 3 rings (SSSR count). The molecule has 0 aromatic heterocycles. The van der Waals surface area contributed by atoms with Crippen LogP contribution in [0.4, 0.5) is 5.69 Å². The molecule has 1 aromatic rings. The highest BCUT2D eigenvalue weighted by molar-refractivity contribution is 8.16. The van der Waals surface area contributed by atoms with Crippen LogP contribution in [0.25, 0.3) is 0 Å². The van der Waals surface area contributed by atoms with Gasteiger partial charge >= 0.3 is 5.97 Å². The number of carboxylic acid groups (broad SMARTS) is 1. The van der Waals surface area contributed by atoms with E-state index >= 15 is 0 Å². The van der Waals surface area contributed by atoms with Crippen LogP contribution >= 0.6 is 11.8 Å². The van der Waals surface area contributed by atoms with Crippen molar-refractivity contribution in [1.29, 1.82) is 0 Å². The van der Waals surface area contributed by atoms with E-state index in [1.165, 1.54) is 17.3 Å². The Morgan fingerprint density at radius 3 is 2.55 bits per heavy atom. The third-order valence-corrected chi connectivity index (χ3v) is 8.31. The van der Waals surface area contributed by atoms with E-state index in [1.807, 2.05) is 29.2 Å². The van der Waals surface area contributed by atoms with Gasteiger partial charge in [0.25, 0.3) is 0 Å². The number of carbonyl (C=O) groups excluding carboxylic acids is 1. The van der Waals surface area contributed by atoms with E-state index < -0.39 is 15.8 Å². The minimum atomic E-state index is -3.11. The monoisotopic (exact) mass is 438 g/mol.